The summed E-state index contributed by atoms with van der Waals surface area (Å²) in [6, 6.07) is 16.0. The molecule has 4 rings (SSSR count). The molecule has 3 aromatic rings. The second-order valence-corrected chi connectivity index (χ2v) is 9.09. The van der Waals surface area contributed by atoms with Gasteiger partial charge in [-0.1, -0.05) is 36.4 Å². The standard InChI is InChI=1S/C21H23N3O2S2/c22-20(26)19(14-6-7-18-17(10-14)23-21(27)28-18)16(13-4-2-1-3-5-13)12-24-9-8-15(25)11-24/h1-7,10,15-16,19,25H,8-9,11-12H2,(H2,22,26)(H,23,27)/t15-,16+,19?/m0/s1. The lowest BCUT2D eigenvalue weighted by Crippen LogP contribution is -2.35. The van der Waals surface area contributed by atoms with Crippen LogP contribution in [0.5, 0.6) is 0 Å². The molecule has 146 valence electrons. The molecule has 1 unspecified atom stereocenters. The van der Waals surface area contributed by atoms with Crippen molar-refractivity contribution in [1.82, 2.24) is 9.88 Å². The highest BCUT2D eigenvalue weighted by Gasteiger charge is 2.33. The molecule has 0 aliphatic carbocycles. The molecule has 7 heteroatoms. The third-order valence-corrected chi connectivity index (χ3v) is 6.66. The van der Waals surface area contributed by atoms with Gasteiger partial charge in [-0.25, -0.2) is 0 Å². The highest BCUT2D eigenvalue weighted by Crippen LogP contribution is 2.36. The molecule has 1 saturated heterocycles. The number of hydrogen-bond donors (Lipinski definition) is 3. The first-order chi connectivity index (χ1) is 13.5. The zero-order valence-electron chi connectivity index (χ0n) is 15.4. The molecule has 0 bridgehead atoms. The number of nitrogens with one attached hydrogen (secondary N) is 1. The van der Waals surface area contributed by atoms with Crippen molar-refractivity contribution in [2.45, 2.75) is 24.4 Å². The summed E-state index contributed by atoms with van der Waals surface area (Å²) in [5.74, 6) is -0.906. The molecule has 1 aromatic heterocycles. The number of aliphatic hydroxyl groups is 1. The molecule has 0 spiro atoms. The summed E-state index contributed by atoms with van der Waals surface area (Å²) in [5.41, 5.74) is 8.82. The first kappa shape index (κ1) is 19.3. The number of nitrogens with zero attached hydrogens (tertiary/aromatic N) is 1. The Hall–Kier alpha value is -2.06. The minimum atomic E-state index is -0.466. The number of amides is 1. The molecule has 3 atom stereocenters. The van der Waals surface area contributed by atoms with Crippen LogP contribution < -0.4 is 5.73 Å². The van der Waals surface area contributed by atoms with Crippen LogP contribution in [0.25, 0.3) is 10.2 Å². The number of likely N-dealkylation sites (tertiary alicyclic amines) is 1. The Morgan fingerprint density at radius 3 is 2.75 bits per heavy atom. The van der Waals surface area contributed by atoms with E-state index in [9.17, 15) is 9.90 Å². The van der Waals surface area contributed by atoms with Crippen LogP contribution in [-0.2, 0) is 4.79 Å². The molecule has 1 aliphatic rings. The third kappa shape index (κ3) is 4.03. The molecule has 2 heterocycles. The number of hydrogen-bond acceptors (Lipinski definition) is 5. The van der Waals surface area contributed by atoms with Gasteiger partial charge in [0.05, 0.1) is 22.2 Å². The van der Waals surface area contributed by atoms with Crippen LogP contribution >= 0.6 is 23.6 Å². The zero-order chi connectivity index (χ0) is 19.7. The topological polar surface area (TPSA) is 82.4 Å². The normalized spacial score (nSPS) is 19.7. The lowest BCUT2D eigenvalue weighted by Gasteiger charge is -2.30. The van der Waals surface area contributed by atoms with Crippen molar-refractivity contribution in [2.75, 3.05) is 19.6 Å². The summed E-state index contributed by atoms with van der Waals surface area (Å²) in [4.78, 5) is 18.0. The van der Waals surface area contributed by atoms with E-state index < -0.39 is 5.92 Å². The number of thiazole rings is 1. The van der Waals surface area contributed by atoms with Gasteiger partial charge in [-0.15, -0.1) is 11.3 Å². The van der Waals surface area contributed by atoms with Crippen LogP contribution in [0, 0.1) is 3.95 Å². The molecule has 1 amide bonds. The minimum Gasteiger partial charge on any atom is -0.392 e. The Labute approximate surface area is 172 Å². The van der Waals surface area contributed by atoms with Gasteiger partial charge in [-0.2, -0.15) is 0 Å². The van der Waals surface area contributed by atoms with E-state index in [1.54, 1.807) is 0 Å². The van der Waals surface area contributed by atoms with Gasteiger partial charge in [0.1, 0.15) is 0 Å². The van der Waals surface area contributed by atoms with E-state index in [4.69, 9.17) is 18.0 Å². The number of primary amides is 1. The van der Waals surface area contributed by atoms with Crippen molar-refractivity contribution < 1.29 is 9.90 Å². The molecule has 0 saturated carbocycles. The maximum Gasteiger partial charge on any atom is 0.225 e. The number of nitrogens with two attached hydrogens (primary N) is 1. The predicted molar refractivity (Wildman–Crippen MR) is 115 cm³/mol. The van der Waals surface area contributed by atoms with Crippen molar-refractivity contribution >= 4 is 39.7 Å². The molecule has 5 nitrogen and oxygen atoms in total. The number of aliphatic hydroxyl groups excluding tert-OH is 1. The van der Waals surface area contributed by atoms with Crippen LogP contribution in [-0.4, -0.2) is 46.6 Å². The summed E-state index contributed by atoms with van der Waals surface area (Å²) in [6.07, 6.45) is 0.464. The first-order valence-corrected chi connectivity index (χ1v) is 10.6. The van der Waals surface area contributed by atoms with Gasteiger partial charge in [0.15, 0.2) is 3.95 Å². The van der Waals surface area contributed by atoms with Crippen molar-refractivity contribution in [2.24, 2.45) is 5.73 Å². The van der Waals surface area contributed by atoms with Gasteiger partial charge < -0.3 is 20.7 Å². The van der Waals surface area contributed by atoms with Gasteiger partial charge in [0.2, 0.25) is 5.91 Å². The second-order valence-electron chi connectivity index (χ2n) is 7.37. The highest BCUT2D eigenvalue weighted by atomic mass is 32.1. The van der Waals surface area contributed by atoms with Gasteiger partial charge in [-0.05, 0) is 41.9 Å². The van der Waals surface area contributed by atoms with Crippen LogP contribution in [0.1, 0.15) is 29.4 Å². The predicted octanol–water partition coefficient (Wildman–Crippen LogP) is 3.38. The zero-order valence-corrected chi connectivity index (χ0v) is 17.0. The SMILES string of the molecule is NC(=O)C(c1ccc2sc(=S)[nH]c2c1)[C@H](CN1CC[C@H](O)C1)c1ccccc1. The van der Waals surface area contributed by atoms with Gasteiger partial charge in [0.25, 0.3) is 0 Å². The number of aromatic nitrogens is 1. The summed E-state index contributed by atoms with van der Waals surface area (Å²) in [6.45, 7) is 2.13. The number of fused-ring (bicyclic) bond motifs is 1. The van der Waals surface area contributed by atoms with Gasteiger partial charge in [-0.3, -0.25) is 4.79 Å². The lowest BCUT2D eigenvalue weighted by atomic mass is 9.80. The van der Waals surface area contributed by atoms with E-state index >= 15 is 0 Å². The number of rotatable bonds is 6. The maximum atomic E-state index is 12.6. The Kier molecular flexibility index (Phi) is 5.59. The van der Waals surface area contributed by atoms with Gasteiger partial charge >= 0.3 is 0 Å². The number of aromatic amines is 1. The van der Waals surface area contributed by atoms with Crippen LogP contribution in [0.2, 0.25) is 0 Å². The quantitative estimate of drug-likeness (QED) is 0.541. The van der Waals surface area contributed by atoms with Crippen LogP contribution in [0.15, 0.2) is 48.5 Å². The molecule has 4 N–H and O–H groups in total. The average molecular weight is 414 g/mol. The fourth-order valence-corrected chi connectivity index (χ4v) is 5.21. The Morgan fingerprint density at radius 2 is 2.07 bits per heavy atom. The van der Waals surface area contributed by atoms with Crippen LogP contribution in [0.4, 0.5) is 0 Å². The maximum absolute atomic E-state index is 12.6. The van der Waals surface area contributed by atoms with E-state index in [2.05, 4.69) is 9.88 Å². The number of H-pyrrole nitrogens is 1. The molecule has 1 fully saturated rings. The van der Waals surface area contributed by atoms with E-state index in [1.165, 1.54) is 11.3 Å². The fourth-order valence-electron chi connectivity index (χ4n) is 4.12. The van der Waals surface area contributed by atoms with Crippen molar-refractivity contribution in [3.63, 3.8) is 0 Å². The van der Waals surface area contributed by atoms with E-state index in [1.807, 2.05) is 48.5 Å². The average Bonchev–Trinajstić information content (AvgIpc) is 3.25. The Morgan fingerprint density at radius 1 is 1.29 bits per heavy atom. The molecular formula is C21H23N3O2S2. The highest BCUT2D eigenvalue weighted by molar-refractivity contribution is 7.73. The van der Waals surface area contributed by atoms with E-state index in [-0.39, 0.29) is 17.9 Å². The minimum absolute atomic E-state index is 0.0944. The second kappa shape index (κ2) is 8.13. The molecule has 2 aromatic carbocycles. The molecule has 1 aliphatic heterocycles. The number of benzene rings is 2. The lowest BCUT2D eigenvalue weighted by molar-refractivity contribution is -0.120. The number of β-amino-alcohol motifs (C(OH)–C–C–N with tert-alkyl or cyclic N) is 1. The van der Waals surface area contributed by atoms with Crippen LogP contribution in [0.3, 0.4) is 0 Å². The molecule has 0 radical (unpaired) electrons. The summed E-state index contributed by atoms with van der Waals surface area (Å²) >= 11 is 6.77. The molecular weight excluding hydrogens is 390 g/mol. The van der Waals surface area contributed by atoms with E-state index in [0.29, 0.717) is 17.0 Å². The smallest absolute Gasteiger partial charge is 0.225 e. The number of carbonyl (C=O) groups is 1. The van der Waals surface area contributed by atoms with Gasteiger partial charge in [0, 0.05) is 25.6 Å². The number of carbonyl (C=O) groups excluding carboxylic acids is 1. The Balaban J connectivity index is 1.75. The monoisotopic (exact) mass is 413 g/mol. The van der Waals surface area contributed by atoms with E-state index in [0.717, 1.165) is 34.3 Å². The third-order valence-electron chi connectivity index (χ3n) is 5.44. The Bertz CT molecular complexity index is 1030. The summed E-state index contributed by atoms with van der Waals surface area (Å²) in [7, 11) is 0. The van der Waals surface area contributed by atoms with Crippen molar-refractivity contribution in [3.05, 3.63) is 63.6 Å². The molecule has 28 heavy (non-hydrogen) atoms. The van der Waals surface area contributed by atoms with Crippen molar-refractivity contribution in [1.29, 1.82) is 0 Å². The fraction of sp³-hybridized carbons (Fsp3) is 0.333. The van der Waals surface area contributed by atoms with Crippen molar-refractivity contribution in [3.8, 4) is 0 Å². The summed E-state index contributed by atoms with van der Waals surface area (Å²) < 4.78 is 1.78. The first-order valence-electron chi connectivity index (χ1n) is 9.38. The largest absolute Gasteiger partial charge is 0.392 e. The summed E-state index contributed by atoms with van der Waals surface area (Å²) in [5, 5.41) is 9.92.